The number of hydrogen-bond donors (Lipinski definition) is 2. The number of nitrogens with one attached hydrogen (secondary N) is 1. The predicted octanol–water partition coefficient (Wildman–Crippen LogP) is 2.39. The van der Waals surface area contributed by atoms with Gasteiger partial charge < -0.3 is 15.2 Å². The van der Waals surface area contributed by atoms with Crippen molar-refractivity contribution in [1.29, 1.82) is 0 Å². The Kier molecular flexibility index (Phi) is 6.29. The molecule has 0 spiro atoms. The normalized spacial score (nSPS) is 17.5. The molecule has 4 nitrogen and oxygen atoms in total. The van der Waals surface area contributed by atoms with Crippen molar-refractivity contribution < 1.29 is 14.6 Å². The van der Waals surface area contributed by atoms with Gasteiger partial charge in [-0.15, -0.1) is 11.8 Å². The Labute approximate surface area is 136 Å². The van der Waals surface area contributed by atoms with E-state index in [-0.39, 0.29) is 5.91 Å². The van der Waals surface area contributed by atoms with Crippen LogP contribution in [-0.2, 0) is 16.0 Å². The van der Waals surface area contributed by atoms with Crippen molar-refractivity contribution in [1.82, 2.24) is 5.32 Å². The molecule has 122 valence electrons. The van der Waals surface area contributed by atoms with Gasteiger partial charge in [0, 0.05) is 42.7 Å². The van der Waals surface area contributed by atoms with Crippen LogP contribution in [0.15, 0.2) is 29.2 Å². The highest BCUT2D eigenvalue weighted by atomic mass is 32.2. The maximum Gasteiger partial charge on any atom is 0.224 e. The van der Waals surface area contributed by atoms with Gasteiger partial charge in [-0.3, -0.25) is 4.79 Å². The van der Waals surface area contributed by atoms with E-state index in [2.05, 4.69) is 31.3 Å². The van der Waals surface area contributed by atoms with Crippen LogP contribution in [0.4, 0.5) is 0 Å². The minimum Gasteiger partial charge on any atom is -0.388 e. The fraction of sp³-hybridized carbons (Fsp3) is 0.588. The third-order valence-electron chi connectivity index (χ3n) is 3.70. The lowest BCUT2D eigenvalue weighted by molar-refractivity contribution is -0.123. The Morgan fingerprint density at radius 2 is 1.95 bits per heavy atom. The summed E-state index contributed by atoms with van der Waals surface area (Å²) < 4.78 is 5.23. The molecule has 1 aliphatic rings. The maximum atomic E-state index is 12.0. The first-order valence-corrected chi connectivity index (χ1v) is 8.67. The van der Waals surface area contributed by atoms with Gasteiger partial charge in [-0.05, 0) is 17.7 Å². The summed E-state index contributed by atoms with van der Waals surface area (Å²) in [6, 6.07) is 8.10. The van der Waals surface area contributed by atoms with Crippen LogP contribution in [0.1, 0.15) is 32.3 Å². The number of rotatable bonds is 6. The molecule has 1 aromatic rings. The first-order valence-electron chi connectivity index (χ1n) is 7.79. The molecule has 1 fully saturated rings. The molecule has 0 aliphatic carbocycles. The van der Waals surface area contributed by atoms with Gasteiger partial charge in [0.2, 0.25) is 5.91 Å². The highest BCUT2D eigenvalue weighted by molar-refractivity contribution is 7.99. The molecule has 0 unspecified atom stereocenters. The predicted molar refractivity (Wildman–Crippen MR) is 89.2 cm³/mol. The number of thioether (sulfide) groups is 1. The zero-order valence-corrected chi connectivity index (χ0v) is 14.1. The minimum absolute atomic E-state index is 0.0517. The monoisotopic (exact) mass is 323 g/mol. The van der Waals surface area contributed by atoms with Gasteiger partial charge in [0.25, 0.3) is 0 Å². The van der Waals surface area contributed by atoms with Crippen LogP contribution < -0.4 is 5.32 Å². The number of carbonyl (C=O) groups excluding carboxylic acids is 1. The molecule has 5 heteroatoms. The number of benzene rings is 1. The van der Waals surface area contributed by atoms with Crippen LogP contribution >= 0.6 is 11.8 Å². The van der Waals surface area contributed by atoms with Gasteiger partial charge in [0.05, 0.1) is 12.0 Å². The van der Waals surface area contributed by atoms with Crippen molar-refractivity contribution in [2.75, 3.05) is 19.8 Å². The molecule has 1 saturated heterocycles. The second-order valence-corrected chi connectivity index (χ2v) is 7.75. The van der Waals surface area contributed by atoms with Crippen molar-refractivity contribution in [3.05, 3.63) is 29.8 Å². The second-order valence-electron chi connectivity index (χ2n) is 6.10. The zero-order chi connectivity index (χ0) is 16.0. The molecule has 1 amide bonds. The molecule has 0 saturated carbocycles. The van der Waals surface area contributed by atoms with Crippen molar-refractivity contribution in [2.24, 2.45) is 0 Å². The van der Waals surface area contributed by atoms with E-state index in [0.717, 1.165) is 5.56 Å². The molecule has 2 N–H and O–H groups in total. The van der Waals surface area contributed by atoms with E-state index < -0.39 is 5.60 Å². The largest absolute Gasteiger partial charge is 0.388 e. The van der Waals surface area contributed by atoms with Gasteiger partial charge in [0.15, 0.2) is 0 Å². The summed E-state index contributed by atoms with van der Waals surface area (Å²) in [7, 11) is 0. The Hall–Kier alpha value is -1.04. The van der Waals surface area contributed by atoms with Crippen LogP contribution in [0.3, 0.4) is 0 Å². The van der Waals surface area contributed by atoms with E-state index in [1.165, 1.54) is 4.90 Å². The van der Waals surface area contributed by atoms with E-state index >= 15 is 0 Å². The van der Waals surface area contributed by atoms with Crippen molar-refractivity contribution >= 4 is 17.7 Å². The van der Waals surface area contributed by atoms with E-state index in [1.807, 2.05) is 23.9 Å². The van der Waals surface area contributed by atoms with Gasteiger partial charge in [0.1, 0.15) is 0 Å². The van der Waals surface area contributed by atoms with Crippen LogP contribution in [-0.4, -0.2) is 41.6 Å². The van der Waals surface area contributed by atoms with Crippen LogP contribution in [0.5, 0.6) is 0 Å². The molecular formula is C17H25NO3S. The standard InChI is InChI=1S/C17H25NO3S/c1-13(2)22-15-5-3-14(4-6-15)11-16(19)18-12-17(20)7-9-21-10-8-17/h3-6,13,20H,7-12H2,1-2H3,(H,18,19). The summed E-state index contributed by atoms with van der Waals surface area (Å²) in [4.78, 5) is 13.2. The number of aliphatic hydroxyl groups is 1. The third-order valence-corrected chi connectivity index (χ3v) is 4.71. The lowest BCUT2D eigenvalue weighted by Gasteiger charge is -2.32. The molecule has 0 radical (unpaired) electrons. The average Bonchev–Trinajstić information content (AvgIpc) is 2.48. The topological polar surface area (TPSA) is 58.6 Å². The first kappa shape index (κ1) is 17.3. The highest BCUT2D eigenvalue weighted by Gasteiger charge is 2.29. The molecule has 1 aromatic carbocycles. The second kappa shape index (κ2) is 7.99. The summed E-state index contributed by atoms with van der Waals surface area (Å²) in [5.41, 5.74) is 0.177. The van der Waals surface area contributed by atoms with Gasteiger partial charge in [-0.25, -0.2) is 0 Å². The smallest absolute Gasteiger partial charge is 0.224 e. The Morgan fingerprint density at radius 1 is 1.32 bits per heavy atom. The number of carbonyl (C=O) groups is 1. The minimum atomic E-state index is -0.814. The summed E-state index contributed by atoms with van der Waals surface area (Å²) in [5, 5.41) is 13.7. The lowest BCUT2D eigenvalue weighted by Crippen LogP contribution is -2.46. The third kappa shape index (κ3) is 5.63. The number of hydrogen-bond acceptors (Lipinski definition) is 4. The summed E-state index contributed by atoms with van der Waals surface area (Å²) in [6.07, 6.45) is 1.50. The highest BCUT2D eigenvalue weighted by Crippen LogP contribution is 2.23. The quantitative estimate of drug-likeness (QED) is 0.789. The number of amides is 1. The molecule has 0 aromatic heterocycles. The van der Waals surface area contributed by atoms with E-state index in [0.29, 0.717) is 44.3 Å². The molecular weight excluding hydrogens is 298 g/mol. The van der Waals surface area contributed by atoms with E-state index in [9.17, 15) is 9.90 Å². The zero-order valence-electron chi connectivity index (χ0n) is 13.3. The average molecular weight is 323 g/mol. The fourth-order valence-electron chi connectivity index (χ4n) is 2.40. The molecule has 1 heterocycles. The van der Waals surface area contributed by atoms with Crippen LogP contribution in [0, 0.1) is 0 Å². The molecule has 1 aliphatic heterocycles. The Bertz CT molecular complexity index is 481. The van der Waals surface area contributed by atoms with Crippen molar-refractivity contribution in [2.45, 2.75) is 48.9 Å². The summed E-state index contributed by atoms with van der Waals surface area (Å²) >= 11 is 1.81. The Morgan fingerprint density at radius 3 is 2.55 bits per heavy atom. The van der Waals surface area contributed by atoms with Crippen LogP contribution in [0.2, 0.25) is 0 Å². The van der Waals surface area contributed by atoms with E-state index in [1.54, 1.807) is 0 Å². The van der Waals surface area contributed by atoms with Gasteiger partial charge in [-0.2, -0.15) is 0 Å². The van der Waals surface area contributed by atoms with Crippen molar-refractivity contribution in [3.63, 3.8) is 0 Å². The SMILES string of the molecule is CC(C)Sc1ccc(CC(=O)NCC2(O)CCOCC2)cc1. The molecule has 22 heavy (non-hydrogen) atoms. The Balaban J connectivity index is 1.79. The maximum absolute atomic E-state index is 12.0. The van der Waals surface area contributed by atoms with Gasteiger partial charge in [-0.1, -0.05) is 26.0 Å². The summed E-state index contributed by atoms with van der Waals surface area (Å²) in [6.45, 7) is 5.74. The van der Waals surface area contributed by atoms with Crippen molar-refractivity contribution in [3.8, 4) is 0 Å². The first-order chi connectivity index (χ1) is 10.5. The lowest BCUT2D eigenvalue weighted by atomic mass is 9.94. The summed E-state index contributed by atoms with van der Waals surface area (Å²) in [5.74, 6) is -0.0517. The van der Waals surface area contributed by atoms with E-state index in [4.69, 9.17) is 4.74 Å². The molecule has 0 atom stereocenters. The fourth-order valence-corrected chi connectivity index (χ4v) is 3.23. The van der Waals surface area contributed by atoms with Gasteiger partial charge >= 0.3 is 0 Å². The number of ether oxygens (including phenoxy) is 1. The molecule has 2 rings (SSSR count). The van der Waals surface area contributed by atoms with Crippen LogP contribution in [0.25, 0.3) is 0 Å². The molecule has 0 bridgehead atoms.